The van der Waals surface area contributed by atoms with Crippen LogP contribution in [-0.4, -0.2) is 10.7 Å². The summed E-state index contributed by atoms with van der Waals surface area (Å²) in [6.07, 6.45) is 0. The van der Waals surface area contributed by atoms with E-state index in [0.29, 0.717) is 27.2 Å². The van der Waals surface area contributed by atoms with E-state index in [2.05, 4.69) is 21.2 Å². The van der Waals surface area contributed by atoms with Crippen molar-refractivity contribution in [3.63, 3.8) is 0 Å². The fourth-order valence-corrected chi connectivity index (χ4v) is 2.13. The van der Waals surface area contributed by atoms with Gasteiger partial charge in [-0.15, -0.1) is 0 Å². The fraction of sp³-hybridized carbons (Fsp3) is 0.133. The summed E-state index contributed by atoms with van der Waals surface area (Å²) in [5.74, 6) is 0.811. The van der Waals surface area contributed by atoms with Crippen molar-refractivity contribution in [3.8, 4) is 11.5 Å². The van der Waals surface area contributed by atoms with Gasteiger partial charge in [-0.3, -0.25) is 4.79 Å². The predicted octanol–water partition coefficient (Wildman–Crippen LogP) is 5.51. The molecule has 0 unspecified atom stereocenters. The first kappa shape index (κ1) is 16.1. The molecule has 0 bridgehead atoms. The quantitative estimate of drug-likeness (QED) is 0.701. The van der Waals surface area contributed by atoms with Crippen LogP contribution in [0.25, 0.3) is 0 Å². The molecule has 2 aromatic carbocycles. The molecule has 1 N–H and O–H groups in total. The lowest BCUT2D eigenvalue weighted by molar-refractivity contribution is -0.115. The minimum atomic E-state index is -0.301. The molecule has 21 heavy (non-hydrogen) atoms. The minimum absolute atomic E-state index is 0.159. The standard InChI is InChI=1S/C15H12BrCl2NO2/c1-9(16)15(20)19-12-4-2-3-5-14(12)21-13-7-6-10(17)8-11(13)18/h2-9H,1H3,(H,19,20)/t9-/m1/s1. The molecule has 0 radical (unpaired) electrons. The first-order valence-corrected chi connectivity index (χ1v) is 7.81. The van der Waals surface area contributed by atoms with Gasteiger partial charge in [0.05, 0.1) is 15.5 Å². The number of halogens is 3. The number of anilines is 1. The monoisotopic (exact) mass is 387 g/mol. The van der Waals surface area contributed by atoms with Crippen LogP contribution in [0.5, 0.6) is 11.5 Å². The smallest absolute Gasteiger partial charge is 0.237 e. The normalized spacial score (nSPS) is 11.8. The van der Waals surface area contributed by atoms with E-state index in [9.17, 15) is 4.79 Å². The van der Waals surface area contributed by atoms with E-state index in [1.54, 1.807) is 37.3 Å². The summed E-state index contributed by atoms with van der Waals surface area (Å²) in [7, 11) is 0. The summed E-state index contributed by atoms with van der Waals surface area (Å²) in [4.78, 5) is 11.5. The summed E-state index contributed by atoms with van der Waals surface area (Å²) in [5.41, 5.74) is 0.569. The molecular weight excluding hydrogens is 377 g/mol. The van der Waals surface area contributed by atoms with Crippen molar-refractivity contribution >= 4 is 50.7 Å². The zero-order valence-electron chi connectivity index (χ0n) is 11.1. The van der Waals surface area contributed by atoms with Crippen LogP contribution < -0.4 is 10.1 Å². The van der Waals surface area contributed by atoms with Crippen LogP contribution in [0, 0.1) is 0 Å². The summed E-state index contributed by atoms with van der Waals surface area (Å²) in [6.45, 7) is 1.74. The molecule has 0 saturated heterocycles. The maximum Gasteiger partial charge on any atom is 0.237 e. The predicted molar refractivity (Wildman–Crippen MR) is 90.0 cm³/mol. The molecule has 0 aliphatic carbocycles. The third kappa shape index (κ3) is 4.37. The average Bonchev–Trinajstić information content (AvgIpc) is 2.43. The number of rotatable bonds is 4. The fourth-order valence-electron chi connectivity index (χ4n) is 1.57. The molecule has 2 rings (SSSR count). The molecule has 0 spiro atoms. The Morgan fingerprint density at radius 1 is 1.19 bits per heavy atom. The van der Waals surface area contributed by atoms with E-state index < -0.39 is 0 Å². The Labute approximate surface area is 141 Å². The number of carbonyl (C=O) groups is 1. The second kappa shape index (κ2) is 7.16. The van der Waals surface area contributed by atoms with Gasteiger partial charge in [0.2, 0.25) is 5.91 Å². The highest BCUT2D eigenvalue weighted by atomic mass is 79.9. The molecule has 1 atom stereocenters. The first-order chi connectivity index (χ1) is 9.97. The van der Waals surface area contributed by atoms with Gasteiger partial charge in [-0.25, -0.2) is 0 Å². The van der Waals surface area contributed by atoms with Gasteiger partial charge >= 0.3 is 0 Å². The number of benzene rings is 2. The number of carbonyl (C=O) groups excluding carboxylic acids is 1. The topological polar surface area (TPSA) is 38.3 Å². The van der Waals surface area contributed by atoms with Gasteiger partial charge in [-0.1, -0.05) is 51.3 Å². The summed E-state index contributed by atoms with van der Waals surface area (Å²) >= 11 is 15.2. The Balaban J connectivity index is 2.26. The van der Waals surface area contributed by atoms with Crippen LogP contribution in [0.3, 0.4) is 0 Å². The third-order valence-electron chi connectivity index (χ3n) is 2.62. The molecule has 6 heteroatoms. The van der Waals surface area contributed by atoms with Gasteiger partial charge in [0, 0.05) is 5.02 Å². The van der Waals surface area contributed by atoms with Crippen LogP contribution >= 0.6 is 39.1 Å². The number of alkyl halides is 1. The Kier molecular flexibility index (Phi) is 5.51. The molecule has 0 aliphatic heterocycles. The van der Waals surface area contributed by atoms with Gasteiger partial charge in [-0.05, 0) is 37.3 Å². The van der Waals surface area contributed by atoms with E-state index >= 15 is 0 Å². The molecule has 0 heterocycles. The molecule has 1 amide bonds. The summed E-state index contributed by atoms with van der Waals surface area (Å²) in [5, 5.41) is 3.71. The van der Waals surface area contributed by atoms with Crippen molar-refractivity contribution in [3.05, 3.63) is 52.5 Å². The highest BCUT2D eigenvalue weighted by molar-refractivity contribution is 9.10. The summed E-state index contributed by atoms with van der Waals surface area (Å²) in [6, 6.07) is 12.1. The number of hydrogen-bond donors (Lipinski definition) is 1. The number of hydrogen-bond acceptors (Lipinski definition) is 2. The van der Waals surface area contributed by atoms with Crippen molar-refractivity contribution in [1.29, 1.82) is 0 Å². The maximum atomic E-state index is 11.8. The molecule has 110 valence electrons. The first-order valence-electron chi connectivity index (χ1n) is 6.14. The number of amides is 1. The van der Waals surface area contributed by atoms with E-state index in [-0.39, 0.29) is 10.7 Å². The van der Waals surface area contributed by atoms with Crippen LogP contribution in [0.1, 0.15) is 6.92 Å². The molecule has 0 aromatic heterocycles. The van der Waals surface area contributed by atoms with E-state index in [0.717, 1.165) is 0 Å². The Hall–Kier alpha value is -1.23. The van der Waals surface area contributed by atoms with Gasteiger partial charge in [0.1, 0.15) is 5.75 Å². The van der Waals surface area contributed by atoms with Crippen molar-refractivity contribution < 1.29 is 9.53 Å². The Morgan fingerprint density at radius 2 is 1.90 bits per heavy atom. The zero-order valence-corrected chi connectivity index (χ0v) is 14.2. The SMILES string of the molecule is C[C@@H](Br)C(=O)Nc1ccccc1Oc1ccc(Cl)cc1Cl. The van der Waals surface area contributed by atoms with E-state index in [4.69, 9.17) is 27.9 Å². The molecule has 3 nitrogen and oxygen atoms in total. The lowest BCUT2D eigenvalue weighted by atomic mass is 10.2. The molecule has 0 saturated carbocycles. The van der Waals surface area contributed by atoms with Crippen LogP contribution in [0.2, 0.25) is 10.0 Å². The number of para-hydroxylation sites is 2. The highest BCUT2D eigenvalue weighted by Crippen LogP contribution is 2.35. The Morgan fingerprint density at radius 3 is 2.57 bits per heavy atom. The molecule has 0 fully saturated rings. The lowest BCUT2D eigenvalue weighted by Crippen LogP contribution is -2.20. The van der Waals surface area contributed by atoms with Crippen LogP contribution in [-0.2, 0) is 4.79 Å². The second-order valence-corrected chi connectivity index (χ2v) is 6.50. The van der Waals surface area contributed by atoms with E-state index in [1.807, 2.05) is 12.1 Å². The van der Waals surface area contributed by atoms with Crippen molar-refractivity contribution in [2.45, 2.75) is 11.8 Å². The maximum absolute atomic E-state index is 11.8. The lowest BCUT2D eigenvalue weighted by Gasteiger charge is -2.13. The minimum Gasteiger partial charge on any atom is -0.454 e. The van der Waals surface area contributed by atoms with Gasteiger partial charge in [-0.2, -0.15) is 0 Å². The average molecular weight is 389 g/mol. The number of nitrogens with one attached hydrogen (secondary N) is 1. The largest absolute Gasteiger partial charge is 0.454 e. The number of ether oxygens (including phenoxy) is 1. The van der Waals surface area contributed by atoms with Gasteiger partial charge < -0.3 is 10.1 Å². The van der Waals surface area contributed by atoms with Crippen molar-refractivity contribution in [2.75, 3.05) is 5.32 Å². The van der Waals surface area contributed by atoms with Crippen molar-refractivity contribution in [1.82, 2.24) is 0 Å². The summed E-state index contributed by atoms with van der Waals surface area (Å²) < 4.78 is 5.76. The molecule has 2 aromatic rings. The van der Waals surface area contributed by atoms with Gasteiger partial charge in [0.15, 0.2) is 5.75 Å². The van der Waals surface area contributed by atoms with Crippen LogP contribution in [0.4, 0.5) is 5.69 Å². The highest BCUT2D eigenvalue weighted by Gasteiger charge is 2.13. The third-order valence-corrected chi connectivity index (χ3v) is 3.57. The zero-order chi connectivity index (χ0) is 15.4. The van der Waals surface area contributed by atoms with Gasteiger partial charge in [0.25, 0.3) is 0 Å². The van der Waals surface area contributed by atoms with Crippen molar-refractivity contribution in [2.24, 2.45) is 0 Å². The molecule has 0 aliphatic rings. The van der Waals surface area contributed by atoms with E-state index in [1.165, 1.54) is 0 Å². The second-order valence-electron chi connectivity index (χ2n) is 4.28. The van der Waals surface area contributed by atoms with Crippen LogP contribution in [0.15, 0.2) is 42.5 Å². The Bertz CT molecular complexity index is 662. The molecular formula is C15H12BrCl2NO2.